The molecule has 29 heavy (non-hydrogen) atoms. The highest BCUT2D eigenvalue weighted by atomic mass is 35.5. The van der Waals surface area contributed by atoms with E-state index in [1.807, 2.05) is 49.6 Å². The van der Waals surface area contributed by atoms with E-state index in [-0.39, 0.29) is 18.3 Å². The lowest BCUT2D eigenvalue weighted by molar-refractivity contribution is -0.113. The first-order valence-corrected chi connectivity index (χ1v) is 10.6. The summed E-state index contributed by atoms with van der Waals surface area (Å²) in [7, 11) is 0. The second-order valence-corrected chi connectivity index (χ2v) is 7.98. The van der Waals surface area contributed by atoms with E-state index in [2.05, 4.69) is 21.6 Å². The van der Waals surface area contributed by atoms with Crippen LogP contribution in [0.5, 0.6) is 5.75 Å². The van der Waals surface area contributed by atoms with Crippen molar-refractivity contribution in [3.05, 3.63) is 64.4 Å². The number of anilines is 1. The Morgan fingerprint density at radius 1 is 1.14 bits per heavy atom. The van der Waals surface area contributed by atoms with E-state index in [0.29, 0.717) is 28.3 Å². The zero-order valence-electron chi connectivity index (χ0n) is 16.6. The van der Waals surface area contributed by atoms with Gasteiger partial charge in [0.25, 0.3) is 0 Å². The maximum Gasteiger partial charge on any atom is 0.234 e. The van der Waals surface area contributed by atoms with Crippen LogP contribution in [0.2, 0.25) is 5.02 Å². The second kappa shape index (κ2) is 9.80. The fourth-order valence-corrected chi connectivity index (χ4v) is 3.85. The van der Waals surface area contributed by atoms with Gasteiger partial charge in [-0.3, -0.25) is 4.79 Å². The van der Waals surface area contributed by atoms with Crippen LogP contribution in [0.15, 0.2) is 47.6 Å². The number of hydrogen-bond donors (Lipinski definition) is 1. The fourth-order valence-electron chi connectivity index (χ4n) is 2.90. The molecule has 1 amide bonds. The van der Waals surface area contributed by atoms with Gasteiger partial charge in [-0.2, -0.15) is 0 Å². The summed E-state index contributed by atoms with van der Waals surface area (Å²) < 4.78 is 7.71. The molecule has 0 aliphatic rings. The quantitative estimate of drug-likeness (QED) is 0.516. The van der Waals surface area contributed by atoms with Crippen LogP contribution in [0, 0.1) is 13.8 Å². The number of benzene rings is 2. The van der Waals surface area contributed by atoms with Gasteiger partial charge in [-0.25, -0.2) is 0 Å². The standard InChI is InChI=1S/C21H23ClN4O2S/c1-4-26-19(12-28-18-7-5-16(22)6-8-18)24-25-21(26)29-13-20(27)23-17-10-14(2)9-15(3)11-17/h5-11H,4,12-13H2,1-3H3,(H,23,27). The van der Waals surface area contributed by atoms with Gasteiger partial charge in [-0.15, -0.1) is 10.2 Å². The number of thioether (sulfide) groups is 1. The topological polar surface area (TPSA) is 69.0 Å². The molecule has 0 aliphatic heterocycles. The SMILES string of the molecule is CCn1c(COc2ccc(Cl)cc2)nnc1SCC(=O)Nc1cc(C)cc(C)c1. The molecule has 0 fully saturated rings. The number of halogens is 1. The number of hydrogen-bond acceptors (Lipinski definition) is 5. The summed E-state index contributed by atoms with van der Waals surface area (Å²) in [5.41, 5.74) is 3.04. The average molecular weight is 431 g/mol. The van der Waals surface area contributed by atoms with Crippen molar-refractivity contribution in [2.24, 2.45) is 0 Å². The number of carbonyl (C=O) groups excluding carboxylic acids is 1. The number of aryl methyl sites for hydroxylation is 2. The number of rotatable bonds is 8. The van der Waals surface area contributed by atoms with Crippen LogP contribution in [0.1, 0.15) is 23.9 Å². The summed E-state index contributed by atoms with van der Waals surface area (Å²) in [4.78, 5) is 12.3. The fraction of sp³-hybridized carbons (Fsp3) is 0.286. The second-order valence-electron chi connectivity index (χ2n) is 6.60. The molecule has 0 unspecified atom stereocenters. The van der Waals surface area contributed by atoms with Gasteiger partial charge in [0, 0.05) is 17.3 Å². The highest BCUT2D eigenvalue weighted by Gasteiger charge is 2.14. The number of nitrogens with zero attached hydrogens (tertiary/aromatic N) is 3. The van der Waals surface area contributed by atoms with Crippen molar-refractivity contribution < 1.29 is 9.53 Å². The van der Waals surface area contributed by atoms with Crippen molar-refractivity contribution in [3.8, 4) is 5.75 Å². The Kier molecular flexibility index (Phi) is 7.17. The summed E-state index contributed by atoms with van der Waals surface area (Å²) in [6, 6.07) is 13.1. The molecule has 6 nitrogen and oxygen atoms in total. The lowest BCUT2D eigenvalue weighted by Crippen LogP contribution is -2.15. The Hall–Kier alpha value is -2.51. The van der Waals surface area contributed by atoms with Crippen molar-refractivity contribution in [3.63, 3.8) is 0 Å². The molecule has 152 valence electrons. The first-order valence-electron chi connectivity index (χ1n) is 9.26. The van der Waals surface area contributed by atoms with E-state index in [1.165, 1.54) is 11.8 Å². The third-order valence-electron chi connectivity index (χ3n) is 4.13. The molecule has 2 aromatic carbocycles. The van der Waals surface area contributed by atoms with Gasteiger partial charge in [0.2, 0.25) is 5.91 Å². The number of carbonyl (C=O) groups is 1. The molecule has 0 bridgehead atoms. The van der Waals surface area contributed by atoms with Gasteiger partial charge < -0.3 is 14.6 Å². The molecule has 1 N–H and O–H groups in total. The normalized spacial score (nSPS) is 10.8. The van der Waals surface area contributed by atoms with Gasteiger partial charge in [0.05, 0.1) is 5.75 Å². The first kappa shape index (κ1) is 21.2. The molecule has 1 aromatic heterocycles. The average Bonchev–Trinajstić information content (AvgIpc) is 3.07. The molecule has 0 saturated carbocycles. The molecule has 0 radical (unpaired) electrons. The minimum atomic E-state index is -0.0791. The van der Waals surface area contributed by atoms with E-state index >= 15 is 0 Å². The number of amides is 1. The van der Waals surface area contributed by atoms with Crippen LogP contribution >= 0.6 is 23.4 Å². The predicted octanol–water partition coefficient (Wildman–Crippen LogP) is 4.88. The number of aromatic nitrogens is 3. The Bertz CT molecular complexity index is 969. The summed E-state index contributed by atoms with van der Waals surface area (Å²) in [5.74, 6) is 1.59. The van der Waals surface area contributed by atoms with Crippen LogP contribution in [0.4, 0.5) is 5.69 Å². The van der Waals surface area contributed by atoms with Gasteiger partial charge in [0.15, 0.2) is 11.0 Å². The predicted molar refractivity (Wildman–Crippen MR) is 117 cm³/mol. The van der Waals surface area contributed by atoms with Gasteiger partial charge in [0.1, 0.15) is 12.4 Å². The summed E-state index contributed by atoms with van der Waals surface area (Å²) in [6.07, 6.45) is 0. The van der Waals surface area contributed by atoms with E-state index in [4.69, 9.17) is 16.3 Å². The van der Waals surface area contributed by atoms with Crippen LogP contribution in [0.3, 0.4) is 0 Å². The molecule has 0 atom stereocenters. The van der Waals surface area contributed by atoms with Gasteiger partial charge >= 0.3 is 0 Å². The van der Waals surface area contributed by atoms with Gasteiger partial charge in [-0.05, 0) is 68.3 Å². The first-order chi connectivity index (χ1) is 13.9. The Morgan fingerprint density at radius 3 is 2.48 bits per heavy atom. The molecule has 8 heteroatoms. The third-order valence-corrected chi connectivity index (χ3v) is 5.35. The summed E-state index contributed by atoms with van der Waals surface area (Å²) >= 11 is 7.25. The van der Waals surface area contributed by atoms with Crippen LogP contribution < -0.4 is 10.1 Å². The molecular weight excluding hydrogens is 408 g/mol. The number of ether oxygens (including phenoxy) is 1. The molecule has 0 spiro atoms. The van der Waals surface area contributed by atoms with E-state index < -0.39 is 0 Å². The van der Waals surface area contributed by atoms with Crippen LogP contribution in [-0.2, 0) is 17.9 Å². The zero-order chi connectivity index (χ0) is 20.8. The van der Waals surface area contributed by atoms with Crippen molar-refractivity contribution >= 4 is 35.0 Å². The van der Waals surface area contributed by atoms with E-state index in [0.717, 1.165) is 16.8 Å². The van der Waals surface area contributed by atoms with Crippen molar-refractivity contribution in [1.29, 1.82) is 0 Å². The van der Waals surface area contributed by atoms with E-state index in [9.17, 15) is 4.79 Å². The van der Waals surface area contributed by atoms with Gasteiger partial charge in [-0.1, -0.05) is 29.4 Å². The van der Waals surface area contributed by atoms with Crippen molar-refractivity contribution in [2.75, 3.05) is 11.1 Å². The van der Waals surface area contributed by atoms with E-state index in [1.54, 1.807) is 12.1 Å². The lowest BCUT2D eigenvalue weighted by atomic mass is 10.1. The smallest absolute Gasteiger partial charge is 0.234 e. The minimum Gasteiger partial charge on any atom is -0.486 e. The molecule has 0 aliphatic carbocycles. The van der Waals surface area contributed by atoms with Crippen LogP contribution in [0.25, 0.3) is 0 Å². The highest BCUT2D eigenvalue weighted by Crippen LogP contribution is 2.21. The molecule has 1 heterocycles. The highest BCUT2D eigenvalue weighted by molar-refractivity contribution is 7.99. The van der Waals surface area contributed by atoms with Crippen molar-refractivity contribution in [2.45, 2.75) is 39.1 Å². The molecule has 0 saturated heterocycles. The minimum absolute atomic E-state index is 0.0791. The Labute approximate surface area is 179 Å². The summed E-state index contributed by atoms with van der Waals surface area (Å²) in [6.45, 7) is 7.00. The maximum absolute atomic E-state index is 12.3. The third kappa shape index (κ3) is 5.98. The molecular formula is C21H23ClN4O2S. The van der Waals surface area contributed by atoms with Crippen molar-refractivity contribution in [1.82, 2.24) is 14.8 Å². The number of nitrogens with one attached hydrogen (secondary N) is 1. The Morgan fingerprint density at radius 2 is 1.83 bits per heavy atom. The summed E-state index contributed by atoms with van der Waals surface area (Å²) in [5, 5.41) is 12.7. The molecule has 3 rings (SSSR count). The Balaban J connectivity index is 1.58. The zero-order valence-corrected chi connectivity index (χ0v) is 18.2. The monoisotopic (exact) mass is 430 g/mol. The largest absolute Gasteiger partial charge is 0.486 e. The maximum atomic E-state index is 12.3. The molecule has 3 aromatic rings. The van der Waals surface area contributed by atoms with Crippen LogP contribution in [-0.4, -0.2) is 26.4 Å². The lowest BCUT2D eigenvalue weighted by Gasteiger charge is -2.09.